The Kier molecular flexibility index (Phi) is 44.8. The zero-order chi connectivity index (χ0) is 29.9. The van der Waals surface area contributed by atoms with E-state index in [2.05, 4.69) is 89.4 Å². The predicted octanol–water partition coefficient (Wildman–Crippen LogP) is 12.0. The van der Waals surface area contributed by atoms with Crippen molar-refractivity contribution in [2.45, 2.75) is 102 Å². The van der Waals surface area contributed by atoms with E-state index in [1.165, 1.54) is 35.8 Å². The molecule has 1 aliphatic rings. The van der Waals surface area contributed by atoms with E-state index in [0.29, 0.717) is 12.7 Å². The minimum Gasteiger partial charge on any atom is -0.491 e. The third kappa shape index (κ3) is 32.1. The Bertz CT molecular complexity index is 684. The van der Waals surface area contributed by atoms with Crippen LogP contribution in [0, 0.1) is 0 Å². The Morgan fingerprint density at radius 2 is 0.974 bits per heavy atom. The second kappa shape index (κ2) is 39.5. The molecule has 1 saturated heterocycles. The van der Waals surface area contributed by atoms with Gasteiger partial charge in [0.25, 0.3) is 0 Å². The molecule has 0 N–H and O–H groups in total. The van der Waals surface area contributed by atoms with Crippen LogP contribution in [0.3, 0.4) is 0 Å². The molecule has 4 rings (SSSR count). The summed E-state index contributed by atoms with van der Waals surface area (Å²) in [4.78, 5) is 0. The van der Waals surface area contributed by atoms with Crippen LogP contribution in [0.2, 0.25) is 0 Å². The molecular formula is C35H62O2S. The molecule has 1 unspecified atom stereocenters. The zero-order valence-corrected chi connectivity index (χ0v) is 27.9. The van der Waals surface area contributed by atoms with Gasteiger partial charge in [-0.3, -0.25) is 0 Å². The quantitative estimate of drug-likeness (QED) is 0.297. The van der Waals surface area contributed by atoms with Crippen molar-refractivity contribution < 1.29 is 9.47 Å². The average Bonchev–Trinajstić information content (AvgIpc) is 3.85. The van der Waals surface area contributed by atoms with Gasteiger partial charge in [-0.25, -0.2) is 0 Å². The Hall–Kier alpha value is -1.97. The summed E-state index contributed by atoms with van der Waals surface area (Å²) in [7, 11) is 0. The van der Waals surface area contributed by atoms with E-state index in [4.69, 9.17) is 9.47 Å². The molecular weight excluding hydrogens is 484 g/mol. The molecule has 38 heavy (non-hydrogen) atoms. The lowest BCUT2D eigenvalue weighted by Crippen LogP contribution is -2.03. The van der Waals surface area contributed by atoms with Crippen molar-refractivity contribution in [3.8, 4) is 5.75 Å². The van der Waals surface area contributed by atoms with E-state index in [1.54, 1.807) is 0 Å². The molecule has 1 aliphatic heterocycles. The summed E-state index contributed by atoms with van der Waals surface area (Å²) in [6.07, 6.45) is 6.33. The molecule has 1 heterocycles. The van der Waals surface area contributed by atoms with Crippen molar-refractivity contribution >= 4 is 22.5 Å². The van der Waals surface area contributed by atoms with Gasteiger partial charge in [-0.05, 0) is 34.9 Å². The molecule has 2 nitrogen and oxygen atoms in total. The molecule has 0 bridgehead atoms. The maximum Gasteiger partial charge on any atom is 0.119 e. The van der Waals surface area contributed by atoms with Gasteiger partial charge in [0.15, 0.2) is 0 Å². The summed E-state index contributed by atoms with van der Waals surface area (Å²) in [5, 5.41) is 2.62. The fourth-order valence-corrected chi connectivity index (χ4v) is 2.00. The molecule has 0 radical (unpaired) electrons. The van der Waals surface area contributed by atoms with Gasteiger partial charge in [0, 0.05) is 0 Å². The van der Waals surface area contributed by atoms with E-state index >= 15 is 0 Å². The summed E-state index contributed by atoms with van der Waals surface area (Å²) < 4.78 is 10.4. The summed E-state index contributed by atoms with van der Waals surface area (Å²) in [5.41, 5.74) is 0. The average molecular weight is 547 g/mol. The molecule has 0 aromatic heterocycles. The van der Waals surface area contributed by atoms with Crippen LogP contribution in [0.5, 0.6) is 5.75 Å². The van der Waals surface area contributed by atoms with Crippen LogP contribution >= 0.6 is 11.8 Å². The van der Waals surface area contributed by atoms with Gasteiger partial charge in [-0.15, -0.1) is 0 Å². The Balaban J connectivity index is -0.000000196. The van der Waals surface area contributed by atoms with Crippen LogP contribution in [-0.4, -0.2) is 31.3 Å². The molecule has 0 saturated carbocycles. The Morgan fingerprint density at radius 3 is 1.24 bits per heavy atom. The normalized spacial score (nSPS) is 11.3. The van der Waals surface area contributed by atoms with E-state index in [0.717, 1.165) is 12.4 Å². The predicted molar refractivity (Wildman–Crippen MR) is 180 cm³/mol. The van der Waals surface area contributed by atoms with Gasteiger partial charge in [0.1, 0.15) is 18.5 Å². The maximum atomic E-state index is 5.40. The van der Waals surface area contributed by atoms with Gasteiger partial charge in [-0.2, -0.15) is 11.8 Å². The monoisotopic (exact) mass is 546 g/mol. The number of epoxide rings is 1. The van der Waals surface area contributed by atoms with E-state index in [9.17, 15) is 0 Å². The molecule has 3 aromatic rings. The Labute approximate surface area is 242 Å². The molecule has 220 valence electrons. The molecule has 0 amide bonds. The molecule has 1 fully saturated rings. The lowest BCUT2D eigenvalue weighted by Gasteiger charge is -2.01. The van der Waals surface area contributed by atoms with Crippen LogP contribution in [0.1, 0.15) is 95.4 Å². The van der Waals surface area contributed by atoms with E-state index in [1.807, 2.05) is 83.6 Å². The van der Waals surface area contributed by atoms with Crippen LogP contribution < -0.4 is 4.74 Å². The molecule has 0 spiro atoms. The van der Waals surface area contributed by atoms with Crippen molar-refractivity contribution in [1.82, 2.24) is 0 Å². The highest BCUT2D eigenvalue weighted by molar-refractivity contribution is 7.98. The highest BCUT2D eigenvalue weighted by atomic mass is 32.2. The van der Waals surface area contributed by atoms with Crippen LogP contribution in [0.25, 0.3) is 10.8 Å². The molecule has 1 atom stereocenters. The van der Waals surface area contributed by atoms with Crippen LogP contribution in [0.4, 0.5) is 0 Å². The number of thioether (sulfide) groups is 1. The van der Waals surface area contributed by atoms with Crippen molar-refractivity contribution in [2.24, 2.45) is 0 Å². The number of hydrogen-bond acceptors (Lipinski definition) is 3. The first kappa shape index (κ1) is 43.1. The number of fused-ring (bicyclic) bond motifs is 1. The van der Waals surface area contributed by atoms with Gasteiger partial charge in [0.05, 0.1) is 6.61 Å². The van der Waals surface area contributed by atoms with Crippen LogP contribution in [-0.2, 0) is 4.74 Å². The second-order valence-electron chi connectivity index (χ2n) is 7.21. The smallest absolute Gasteiger partial charge is 0.119 e. The summed E-state index contributed by atoms with van der Waals surface area (Å²) in [5.74, 6) is 2.16. The fraction of sp³-hybridized carbons (Fsp3) is 0.543. The summed E-state index contributed by atoms with van der Waals surface area (Å²) in [6.45, 7) is 24.3. The van der Waals surface area contributed by atoms with E-state index < -0.39 is 0 Å². The van der Waals surface area contributed by atoms with Crippen LogP contribution in [0.15, 0.2) is 78.9 Å². The van der Waals surface area contributed by atoms with Gasteiger partial charge in [0.2, 0.25) is 0 Å². The lowest BCUT2D eigenvalue weighted by molar-refractivity contribution is 0.263. The highest BCUT2D eigenvalue weighted by Crippen LogP contribution is 2.13. The second-order valence-corrected chi connectivity index (χ2v) is 8.37. The van der Waals surface area contributed by atoms with Gasteiger partial charge in [-0.1, -0.05) is 162 Å². The van der Waals surface area contributed by atoms with Crippen molar-refractivity contribution in [2.75, 3.05) is 25.2 Å². The minimum absolute atomic E-state index is 0.343. The number of unbranched alkanes of at least 4 members (excludes halogenated alkanes) is 1. The first-order valence-corrected chi connectivity index (χ1v) is 16.3. The van der Waals surface area contributed by atoms with Crippen molar-refractivity contribution in [1.29, 1.82) is 0 Å². The van der Waals surface area contributed by atoms with Gasteiger partial charge >= 0.3 is 0 Å². The minimum atomic E-state index is 0.343. The number of ether oxygens (including phenoxy) is 2. The number of para-hydroxylation sites is 1. The number of benzene rings is 3. The maximum absolute atomic E-state index is 5.40. The largest absolute Gasteiger partial charge is 0.491 e. The third-order valence-electron chi connectivity index (χ3n) is 4.03. The molecule has 3 heteroatoms. The standard InChI is InChI=1S/C10H8.C9H10O2.C4H10.C3H8S.C3H8.3C2H6/c1-2-6-10-8-4-3-7-9(10)5-1;1-2-4-8(5-3-1)10-6-9-7-11-9;2*1-3-4-2;1-3-2;3*1-2/h1-8H;1-5,9H,6-7H2;3-4H2,1-2H3;3H2,1-2H3;3H2,1-2H3;3*1-2H3. The first-order valence-electron chi connectivity index (χ1n) is 14.9. The lowest BCUT2D eigenvalue weighted by atomic mass is 10.1. The highest BCUT2D eigenvalue weighted by Gasteiger charge is 2.22. The SMILES string of the molecule is CC.CC.CC.CCC.CCCC.CCSC.c1ccc(OCC2CO2)cc1.c1ccc2ccccc2c1. The van der Waals surface area contributed by atoms with Crippen molar-refractivity contribution in [3.63, 3.8) is 0 Å². The number of rotatable bonds is 5. The number of hydrogen-bond donors (Lipinski definition) is 0. The van der Waals surface area contributed by atoms with E-state index in [-0.39, 0.29) is 0 Å². The fourth-order valence-electron chi connectivity index (χ4n) is 2.00. The topological polar surface area (TPSA) is 21.8 Å². The summed E-state index contributed by atoms with van der Waals surface area (Å²) >= 11 is 1.86. The first-order chi connectivity index (χ1) is 18.7. The van der Waals surface area contributed by atoms with Crippen molar-refractivity contribution in [3.05, 3.63) is 78.9 Å². The zero-order valence-electron chi connectivity index (χ0n) is 27.1. The third-order valence-corrected chi connectivity index (χ3v) is 4.61. The Morgan fingerprint density at radius 1 is 0.658 bits per heavy atom. The summed E-state index contributed by atoms with van der Waals surface area (Å²) in [6, 6.07) is 26.5. The molecule has 3 aromatic carbocycles. The molecule has 0 aliphatic carbocycles. The van der Waals surface area contributed by atoms with Gasteiger partial charge < -0.3 is 9.47 Å².